The van der Waals surface area contributed by atoms with Gasteiger partial charge in [0.05, 0.1) is 12.3 Å². The Labute approximate surface area is 108 Å². The minimum absolute atomic E-state index is 0.0197. The van der Waals surface area contributed by atoms with Crippen LogP contribution in [0.1, 0.15) is 36.6 Å². The van der Waals surface area contributed by atoms with Crippen LogP contribution in [0, 0.1) is 12.8 Å². The highest BCUT2D eigenvalue weighted by Gasteiger charge is 2.28. The molecule has 2 rings (SSSR count). The van der Waals surface area contributed by atoms with E-state index in [-0.39, 0.29) is 12.0 Å². The second-order valence-electron chi connectivity index (χ2n) is 5.27. The van der Waals surface area contributed by atoms with E-state index in [0.29, 0.717) is 18.2 Å². The molecule has 1 aromatic rings. The number of aromatic nitrogens is 2. The molecule has 5 heteroatoms. The molecule has 1 aliphatic rings. The first-order chi connectivity index (χ1) is 8.56. The van der Waals surface area contributed by atoms with E-state index >= 15 is 0 Å². The number of nitrogens with one attached hydrogen (secondary N) is 1. The molecule has 1 fully saturated rings. The summed E-state index contributed by atoms with van der Waals surface area (Å²) in [4.78, 5) is 21.0. The number of aromatic amines is 1. The maximum Gasteiger partial charge on any atom is 0.272 e. The smallest absolute Gasteiger partial charge is 0.272 e. The average Bonchev–Trinajstić information content (AvgIpc) is 2.94. The van der Waals surface area contributed by atoms with Gasteiger partial charge in [0.15, 0.2) is 0 Å². The molecular formula is C13H21N3O2. The quantitative estimate of drug-likeness (QED) is 0.884. The first kappa shape index (κ1) is 13.1. The highest BCUT2D eigenvalue weighted by atomic mass is 16.5. The standard InChI is InChI=1S/C13H21N3O2/c1-9(2)8-18-11-4-5-16(7-11)13(17)12-6-14-10(3)15-12/h6,9,11H,4-5,7-8H2,1-3H3,(H,14,15). The van der Waals surface area contributed by atoms with Crippen molar-refractivity contribution in [3.05, 3.63) is 17.7 Å². The minimum Gasteiger partial charge on any atom is -0.376 e. The van der Waals surface area contributed by atoms with Crippen molar-refractivity contribution >= 4 is 5.91 Å². The van der Waals surface area contributed by atoms with Gasteiger partial charge in [-0.05, 0) is 19.3 Å². The molecule has 1 amide bonds. The summed E-state index contributed by atoms with van der Waals surface area (Å²) in [5, 5.41) is 0. The molecule has 5 nitrogen and oxygen atoms in total. The number of H-pyrrole nitrogens is 1. The zero-order valence-corrected chi connectivity index (χ0v) is 11.3. The molecule has 0 aliphatic carbocycles. The summed E-state index contributed by atoms with van der Waals surface area (Å²) in [6, 6.07) is 0. The number of likely N-dealkylation sites (tertiary alicyclic amines) is 1. The summed E-state index contributed by atoms with van der Waals surface area (Å²) in [7, 11) is 0. The third kappa shape index (κ3) is 3.10. The van der Waals surface area contributed by atoms with Crippen molar-refractivity contribution in [1.82, 2.24) is 14.9 Å². The Morgan fingerprint density at radius 2 is 2.44 bits per heavy atom. The average molecular weight is 251 g/mol. The molecule has 0 spiro atoms. The molecule has 0 bridgehead atoms. The van der Waals surface area contributed by atoms with Crippen LogP contribution in [-0.4, -0.2) is 46.6 Å². The SMILES string of the molecule is Cc1ncc(C(=O)N2CCC(OCC(C)C)C2)[nH]1. The molecule has 0 saturated carbocycles. The van der Waals surface area contributed by atoms with Crippen LogP contribution in [0.2, 0.25) is 0 Å². The molecule has 1 N–H and O–H groups in total. The van der Waals surface area contributed by atoms with Crippen LogP contribution < -0.4 is 0 Å². The lowest BCUT2D eigenvalue weighted by Gasteiger charge is -2.16. The van der Waals surface area contributed by atoms with Crippen molar-refractivity contribution in [2.24, 2.45) is 5.92 Å². The van der Waals surface area contributed by atoms with E-state index in [1.165, 1.54) is 0 Å². The Morgan fingerprint density at radius 3 is 3.06 bits per heavy atom. The molecule has 1 unspecified atom stereocenters. The number of carbonyl (C=O) groups excluding carboxylic acids is 1. The Balaban J connectivity index is 1.87. The molecule has 1 saturated heterocycles. The zero-order chi connectivity index (χ0) is 13.1. The van der Waals surface area contributed by atoms with E-state index in [4.69, 9.17) is 4.74 Å². The van der Waals surface area contributed by atoms with E-state index in [0.717, 1.165) is 25.4 Å². The normalized spacial score (nSPS) is 19.8. The number of carbonyl (C=O) groups is 1. The minimum atomic E-state index is 0.0197. The molecule has 100 valence electrons. The highest BCUT2D eigenvalue weighted by molar-refractivity contribution is 5.92. The van der Waals surface area contributed by atoms with E-state index in [9.17, 15) is 4.79 Å². The second kappa shape index (κ2) is 5.52. The number of hydrogen-bond donors (Lipinski definition) is 1. The predicted molar refractivity (Wildman–Crippen MR) is 68.4 cm³/mol. The summed E-state index contributed by atoms with van der Waals surface area (Å²) in [6.07, 6.45) is 2.70. The van der Waals surface area contributed by atoms with Crippen LogP contribution in [0.25, 0.3) is 0 Å². The van der Waals surface area contributed by atoms with Crippen LogP contribution in [0.5, 0.6) is 0 Å². The number of aryl methyl sites for hydroxylation is 1. The van der Waals surface area contributed by atoms with Crippen LogP contribution in [-0.2, 0) is 4.74 Å². The number of rotatable bonds is 4. The van der Waals surface area contributed by atoms with Crippen molar-refractivity contribution in [2.45, 2.75) is 33.3 Å². The van der Waals surface area contributed by atoms with Gasteiger partial charge in [-0.25, -0.2) is 4.98 Å². The van der Waals surface area contributed by atoms with E-state index < -0.39 is 0 Å². The summed E-state index contributed by atoms with van der Waals surface area (Å²) in [5.74, 6) is 1.32. The van der Waals surface area contributed by atoms with Gasteiger partial charge in [0.2, 0.25) is 0 Å². The molecule has 18 heavy (non-hydrogen) atoms. The maximum absolute atomic E-state index is 12.1. The molecule has 1 aliphatic heterocycles. The number of amides is 1. The van der Waals surface area contributed by atoms with Crippen LogP contribution in [0.3, 0.4) is 0 Å². The summed E-state index contributed by atoms with van der Waals surface area (Å²) in [5.41, 5.74) is 0.567. The number of ether oxygens (including phenoxy) is 1. The van der Waals surface area contributed by atoms with Crippen LogP contribution >= 0.6 is 0 Å². The molecule has 1 aromatic heterocycles. The second-order valence-corrected chi connectivity index (χ2v) is 5.27. The number of nitrogens with zero attached hydrogens (tertiary/aromatic N) is 2. The van der Waals surface area contributed by atoms with Crippen molar-refractivity contribution in [3.8, 4) is 0 Å². The van der Waals surface area contributed by atoms with Crippen molar-refractivity contribution < 1.29 is 9.53 Å². The van der Waals surface area contributed by atoms with Gasteiger partial charge in [-0.15, -0.1) is 0 Å². The van der Waals surface area contributed by atoms with Gasteiger partial charge in [-0.1, -0.05) is 13.8 Å². The Bertz CT molecular complexity index is 414. The van der Waals surface area contributed by atoms with Crippen LogP contribution in [0.4, 0.5) is 0 Å². The molecule has 0 radical (unpaired) electrons. The largest absolute Gasteiger partial charge is 0.376 e. The van der Waals surface area contributed by atoms with Crippen LogP contribution in [0.15, 0.2) is 6.20 Å². The van der Waals surface area contributed by atoms with E-state index in [1.54, 1.807) is 6.20 Å². The molecule has 1 atom stereocenters. The summed E-state index contributed by atoms with van der Waals surface area (Å²) < 4.78 is 5.77. The van der Waals surface area contributed by atoms with E-state index in [2.05, 4.69) is 23.8 Å². The van der Waals surface area contributed by atoms with Gasteiger partial charge in [-0.2, -0.15) is 0 Å². The van der Waals surface area contributed by atoms with Crippen molar-refractivity contribution in [3.63, 3.8) is 0 Å². The van der Waals surface area contributed by atoms with Gasteiger partial charge in [0, 0.05) is 19.7 Å². The number of imidazole rings is 1. The van der Waals surface area contributed by atoms with Gasteiger partial charge < -0.3 is 14.6 Å². The third-order valence-electron chi connectivity index (χ3n) is 3.03. The van der Waals surface area contributed by atoms with Gasteiger partial charge in [-0.3, -0.25) is 4.79 Å². The van der Waals surface area contributed by atoms with Gasteiger partial charge >= 0.3 is 0 Å². The lowest BCUT2D eigenvalue weighted by molar-refractivity contribution is 0.0395. The number of hydrogen-bond acceptors (Lipinski definition) is 3. The summed E-state index contributed by atoms with van der Waals surface area (Å²) in [6.45, 7) is 8.31. The molecule has 2 heterocycles. The molecular weight excluding hydrogens is 230 g/mol. The monoisotopic (exact) mass is 251 g/mol. The van der Waals surface area contributed by atoms with Gasteiger partial charge in [0.25, 0.3) is 5.91 Å². The lowest BCUT2D eigenvalue weighted by atomic mass is 10.2. The Morgan fingerprint density at radius 1 is 1.67 bits per heavy atom. The highest BCUT2D eigenvalue weighted by Crippen LogP contribution is 2.16. The fourth-order valence-electron chi connectivity index (χ4n) is 2.08. The Kier molecular flexibility index (Phi) is 4.01. The Hall–Kier alpha value is -1.36. The fraction of sp³-hybridized carbons (Fsp3) is 0.692. The fourth-order valence-corrected chi connectivity index (χ4v) is 2.08. The lowest BCUT2D eigenvalue weighted by Crippen LogP contribution is -2.30. The predicted octanol–water partition coefficient (Wildman–Crippen LogP) is 1.61. The van der Waals surface area contributed by atoms with Gasteiger partial charge in [0.1, 0.15) is 11.5 Å². The van der Waals surface area contributed by atoms with E-state index in [1.807, 2.05) is 11.8 Å². The first-order valence-electron chi connectivity index (χ1n) is 6.48. The first-order valence-corrected chi connectivity index (χ1v) is 6.48. The zero-order valence-electron chi connectivity index (χ0n) is 11.3. The summed E-state index contributed by atoms with van der Waals surface area (Å²) >= 11 is 0. The molecule has 0 aromatic carbocycles. The maximum atomic E-state index is 12.1. The topological polar surface area (TPSA) is 58.2 Å². The van der Waals surface area contributed by atoms with Crippen molar-refractivity contribution in [1.29, 1.82) is 0 Å². The third-order valence-corrected chi connectivity index (χ3v) is 3.03. The van der Waals surface area contributed by atoms with Crippen molar-refractivity contribution in [2.75, 3.05) is 19.7 Å².